The maximum atomic E-state index is 12.4. The third kappa shape index (κ3) is 3.48. The Kier molecular flexibility index (Phi) is 4.32. The minimum atomic E-state index is -3.53. The first-order chi connectivity index (χ1) is 10.1. The van der Waals surface area contributed by atoms with Crippen LogP contribution in [0.2, 0.25) is 0 Å². The molecule has 0 saturated carbocycles. The Labute approximate surface area is 124 Å². The Hall–Kier alpha value is -1.31. The quantitative estimate of drug-likeness (QED) is 0.866. The number of hydrogen-bond donors (Lipinski definition) is 2. The van der Waals surface area contributed by atoms with Gasteiger partial charge in [0.25, 0.3) is 0 Å². The average molecular weight is 312 g/mol. The number of ether oxygens (including phenoxy) is 2. The van der Waals surface area contributed by atoms with E-state index in [0.717, 1.165) is 25.8 Å². The lowest BCUT2D eigenvalue weighted by Crippen LogP contribution is -2.45. The van der Waals surface area contributed by atoms with Crippen LogP contribution in [-0.4, -0.2) is 40.8 Å². The monoisotopic (exact) mass is 312 g/mol. The first-order valence-corrected chi connectivity index (χ1v) is 8.76. The molecular formula is C14H20N2O4S. The van der Waals surface area contributed by atoms with Crippen LogP contribution >= 0.6 is 0 Å². The van der Waals surface area contributed by atoms with Gasteiger partial charge < -0.3 is 14.8 Å². The summed E-state index contributed by atoms with van der Waals surface area (Å²) in [6, 6.07) is 4.71. The highest BCUT2D eigenvalue weighted by Gasteiger charge is 2.23. The molecule has 6 nitrogen and oxygen atoms in total. The van der Waals surface area contributed by atoms with Crippen molar-refractivity contribution < 1.29 is 17.9 Å². The predicted molar refractivity (Wildman–Crippen MR) is 78.3 cm³/mol. The van der Waals surface area contributed by atoms with Crippen molar-refractivity contribution in [2.75, 3.05) is 26.3 Å². The van der Waals surface area contributed by atoms with Gasteiger partial charge in [0.1, 0.15) is 0 Å². The summed E-state index contributed by atoms with van der Waals surface area (Å²) < 4.78 is 38.7. The summed E-state index contributed by atoms with van der Waals surface area (Å²) in [5, 5.41) is 3.20. The average Bonchev–Trinajstić information content (AvgIpc) is 2.72. The topological polar surface area (TPSA) is 76.7 Å². The summed E-state index contributed by atoms with van der Waals surface area (Å²) in [6.07, 6.45) is 2.63. The molecule has 2 aliphatic rings. The summed E-state index contributed by atoms with van der Waals surface area (Å²) in [6.45, 7) is 2.74. The van der Waals surface area contributed by atoms with Crippen molar-refractivity contribution in [2.45, 2.75) is 30.2 Å². The molecule has 2 N–H and O–H groups in total. The summed E-state index contributed by atoms with van der Waals surface area (Å²) in [4.78, 5) is 0.220. The maximum Gasteiger partial charge on any atom is 0.241 e. The van der Waals surface area contributed by atoms with Crippen molar-refractivity contribution in [3.05, 3.63) is 18.2 Å². The Bertz CT molecular complexity index is 597. The molecular weight excluding hydrogens is 292 g/mol. The van der Waals surface area contributed by atoms with Gasteiger partial charge in [0.15, 0.2) is 11.5 Å². The first kappa shape index (κ1) is 14.6. The second-order valence-electron chi connectivity index (χ2n) is 5.32. The van der Waals surface area contributed by atoms with Crippen LogP contribution in [0.3, 0.4) is 0 Å². The van der Waals surface area contributed by atoms with Crippen LogP contribution in [0.4, 0.5) is 0 Å². The SMILES string of the molecule is O=S(=O)(NC1CCCNC1)c1ccc2c(c1)OCCCO2. The van der Waals surface area contributed by atoms with Crippen molar-refractivity contribution >= 4 is 10.0 Å². The van der Waals surface area contributed by atoms with E-state index in [1.165, 1.54) is 0 Å². The van der Waals surface area contributed by atoms with Gasteiger partial charge in [0.2, 0.25) is 10.0 Å². The van der Waals surface area contributed by atoms with Gasteiger partial charge >= 0.3 is 0 Å². The molecule has 2 heterocycles. The van der Waals surface area contributed by atoms with E-state index >= 15 is 0 Å². The van der Waals surface area contributed by atoms with Crippen molar-refractivity contribution in [1.29, 1.82) is 0 Å². The third-order valence-electron chi connectivity index (χ3n) is 3.65. The fourth-order valence-electron chi connectivity index (χ4n) is 2.55. The van der Waals surface area contributed by atoms with Crippen LogP contribution in [-0.2, 0) is 10.0 Å². The number of sulfonamides is 1. The Morgan fingerprint density at radius 2 is 1.95 bits per heavy atom. The van der Waals surface area contributed by atoms with E-state index in [0.29, 0.717) is 31.3 Å². The highest BCUT2D eigenvalue weighted by atomic mass is 32.2. The van der Waals surface area contributed by atoms with Crippen molar-refractivity contribution in [3.63, 3.8) is 0 Å². The molecule has 0 radical (unpaired) electrons. The summed E-state index contributed by atoms with van der Waals surface area (Å²) in [5.41, 5.74) is 0. The smallest absolute Gasteiger partial charge is 0.241 e. The normalized spacial score (nSPS) is 22.6. The van der Waals surface area contributed by atoms with E-state index in [-0.39, 0.29) is 10.9 Å². The fraction of sp³-hybridized carbons (Fsp3) is 0.571. The van der Waals surface area contributed by atoms with E-state index in [9.17, 15) is 8.42 Å². The van der Waals surface area contributed by atoms with E-state index in [2.05, 4.69) is 10.0 Å². The van der Waals surface area contributed by atoms with Crippen molar-refractivity contribution in [3.8, 4) is 11.5 Å². The zero-order valence-electron chi connectivity index (χ0n) is 11.8. The molecule has 116 valence electrons. The van der Waals surface area contributed by atoms with E-state index in [1.54, 1.807) is 18.2 Å². The number of nitrogens with one attached hydrogen (secondary N) is 2. The van der Waals surface area contributed by atoms with Crippen LogP contribution in [0.5, 0.6) is 11.5 Å². The highest BCUT2D eigenvalue weighted by Crippen LogP contribution is 2.31. The molecule has 1 aromatic rings. The molecule has 1 aromatic carbocycles. The Morgan fingerprint density at radius 1 is 1.14 bits per heavy atom. The first-order valence-electron chi connectivity index (χ1n) is 7.28. The van der Waals surface area contributed by atoms with Gasteiger partial charge in [-0.3, -0.25) is 0 Å². The molecule has 21 heavy (non-hydrogen) atoms. The molecule has 1 atom stereocenters. The number of piperidine rings is 1. The molecule has 3 rings (SSSR count). The fourth-order valence-corrected chi connectivity index (χ4v) is 3.84. The number of rotatable bonds is 3. The number of fused-ring (bicyclic) bond motifs is 1. The molecule has 0 spiro atoms. The lowest BCUT2D eigenvalue weighted by molar-refractivity contribution is 0.297. The zero-order chi connectivity index (χ0) is 14.7. The van der Waals surface area contributed by atoms with Crippen molar-refractivity contribution in [2.24, 2.45) is 0 Å². The second-order valence-corrected chi connectivity index (χ2v) is 7.04. The second kappa shape index (κ2) is 6.21. The highest BCUT2D eigenvalue weighted by molar-refractivity contribution is 7.89. The van der Waals surface area contributed by atoms with Gasteiger partial charge in [-0.25, -0.2) is 13.1 Å². The molecule has 0 amide bonds. The Morgan fingerprint density at radius 3 is 2.71 bits per heavy atom. The standard InChI is InChI=1S/C14H20N2O4S/c17-21(18,16-11-3-1-6-15-10-11)12-4-5-13-14(9-12)20-8-2-7-19-13/h4-5,9,11,15-16H,1-3,6-8,10H2. The molecule has 2 aliphatic heterocycles. The van der Waals surface area contributed by atoms with E-state index in [4.69, 9.17) is 9.47 Å². The summed E-state index contributed by atoms with van der Waals surface area (Å²) >= 11 is 0. The minimum Gasteiger partial charge on any atom is -0.490 e. The third-order valence-corrected chi connectivity index (χ3v) is 5.17. The number of benzene rings is 1. The minimum absolute atomic E-state index is 0.0558. The lowest BCUT2D eigenvalue weighted by Gasteiger charge is -2.23. The molecule has 1 unspecified atom stereocenters. The summed E-state index contributed by atoms with van der Waals surface area (Å²) in [7, 11) is -3.53. The molecule has 0 aliphatic carbocycles. The maximum absolute atomic E-state index is 12.4. The number of hydrogen-bond acceptors (Lipinski definition) is 5. The Balaban J connectivity index is 1.80. The zero-order valence-corrected chi connectivity index (χ0v) is 12.6. The van der Waals surface area contributed by atoms with Gasteiger partial charge in [-0.05, 0) is 31.5 Å². The van der Waals surface area contributed by atoms with E-state index < -0.39 is 10.0 Å². The van der Waals surface area contributed by atoms with Crippen LogP contribution in [0.25, 0.3) is 0 Å². The molecule has 7 heteroatoms. The van der Waals surface area contributed by atoms with Crippen LogP contribution in [0, 0.1) is 0 Å². The van der Waals surface area contributed by atoms with Gasteiger partial charge in [-0.15, -0.1) is 0 Å². The van der Waals surface area contributed by atoms with Gasteiger partial charge in [0.05, 0.1) is 18.1 Å². The largest absolute Gasteiger partial charge is 0.490 e. The molecule has 0 bridgehead atoms. The lowest BCUT2D eigenvalue weighted by atomic mass is 10.1. The van der Waals surface area contributed by atoms with Crippen LogP contribution < -0.4 is 19.5 Å². The molecule has 1 saturated heterocycles. The van der Waals surface area contributed by atoms with Crippen molar-refractivity contribution in [1.82, 2.24) is 10.0 Å². The van der Waals surface area contributed by atoms with E-state index in [1.807, 2.05) is 0 Å². The van der Waals surface area contributed by atoms with Crippen LogP contribution in [0.1, 0.15) is 19.3 Å². The predicted octanol–water partition coefficient (Wildman–Crippen LogP) is 0.878. The molecule has 0 aromatic heterocycles. The summed E-state index contributed by atoms with van der Waals surface area (Å²) in [5.74, 6) is 1.10. The van der Waals surface area contributed by atoms with Gasteiger partial charge in [-0.2, -0.15) is 0 Å². The van der Waals surface area contributed by atoms with Gasteiger partial charge in [0, 0.05) is 25.1 Å². The molecule has 1 fully saturated rings. The van der Waals surface area contributed by atoms with Gasteiger partial charge in [-0.1, -0.05) is 0 Å². The van der Waals surface area contributed by atoms with Crippen LogP contribution in [0.15, 0.2) is 23.1 Å².